The number of carbonyl (C=O) groups is 1. The Hall–Kier alpha value is -3.28. The molecule has 0 bridgehead atoms. The van der Waals surface area contributed by atoms with Crippen molar-refractivity contribution in [2.45, 2.75) is 26.0 Å². The summed E-state index contributed by atoms with van der Waals surface area (Å²) in [4.78, 5) is 17.3. The minimum Gasteiger partial charge on any atom is -0.464 e. The fourth-order valence-electron chi connectivity index (χ4n) is 3.36. The van der Waals surface area contributed by atoms with E-state index in [1.54, 1.807) is 0 Å². The van der Waals surface area contributed by atoms with E-state index in [9.17, 15) is 4.79 Å². The smallest absolute Gasteiger partial charge is 0.258 e. The number of rotatable bonds is 2. The molecule has 0 fully saturated rings. The van der Waals surface area contributed by atoms with Gasteiger partial charge in [-0.05, 0) is 47.9 Å². The molecule has 1 N–H and O–H groups in total. The maximum atomic E-state index is 12.7. The van der Waals surface area contributed by atoms with Crippen LogP contribution in [0.5, 0.6) is 17.2 Å². The van der Waals surface area contributed by atoms with Crippen LogP contribution in [0, 0.1) is 0 Å². The number of amidine groups is 1. The summed E-state index contributed by atoms with van der Waals surface area (Å²) in [6, 6.07) is 11.5. The molecular weight excluding hydrogens is 344 g/mol. The van der Waals surface area contributed by atoms with Gasteiger partial charge in [0.15, 0.2) is 11.5 Å². The zero-order valence-corrected chi connectivity index (χ0v) is 15.0. The van der Waals surface area contributed by atoms with E-state index < -0.39 is 6.23 Å². The summed E-state index contributed by atoms with van der Waals surface area (Å²) < 4.78 is 16.8. The third kappa shape index (κ3) is 2.65. The molecule has 0 spiro atoms. The first kappa shape index (κ1) is 15.9. The van der Waals surface area contributed by atoms with Crippen LogP contribution < -0.4 is 19.5 Å². The first-order valence-electron chi connectivity index (χ1n) is 8.90. The van der Waals surface area contributed by atoms with Crippen LogP contribution in [0.4, 0.5) is 0 Å². The second-order valence-corrected chi connectivity index (χ2v) is 7.02. The Balaban J connectivity index is 1.51. The highest BCUT2D eigenvalue weighted by molar-refractivity contribution is 6.16. The van der Waals surface area contributed by atoms with Gasteiger partial charge in [0, 0.05) is 11.1 Å². The number of amides is 1. The van der Waals surface area contributed by atoms with Crippen molar-refractivity contribution < 1.29 is 19.0 Å². The van der Waals surface area contributed by atoms with Crippen molar-refractivity contribution in [2.75, 3.05) is 6.79 Å². The number of carbonyl (C=O) groups excluding carboxylic acids is 1. The topological polar surface area (TPSA) is 69.2 Å². The Kier molecular flexibility index (Phi) is 3.47. The van der Waals surface area contributed by atoms with Gasteiger partial charge >= 0.3 is 0 Å². The average Bonchev–Trinajstić information content (AvgIpc) is 3.14. The molecule has 27 heavy (non-hydrogen) atoms. The lowest BCUT2D eigenvalue weighted by Gasteiger charge is -2.28. The lowest BCUT2D eigenvalue weighted by atomic mass is 9.97. The van der Waals surface area contributed by atoms with Crippen LogP contribution in [0.1, 0.15) is 36.5 Å². The van der Waals surface area contributed by atoms with Crippen molar-refractivity contribution >= 4 is 17.8 Å². The molecule has 0 aromatic heterocycles. The largest absolute Gasteiger partial charge is 0.464 e. The van der Waals surface area contributed by atoms with E-state index in [2.05, 4.69) is 30.2 Å². The second-order valence-electron chi connectivity index (χ2n) is 7.02. The average molecular weight is 362 g/mol. The molecule has 1 amide bonds. The first-order valence-corrected chi connectivity index (χ1v) is 8.90. The van der Waals surface area contributed by atoms with Gasteiger partial charge in [0.05, 0.1) is 5.57 Å². The molecule has 5 rings (SSSR count). The number of nitrogens with one attached hydrogen (secondary N) is 1. The summed E-state index contributed by atoms with van der Waals surface area (Å²) in [7, 11) is 0. The third-order valence-corrected chi connectivity index (χ3v) is 4.90. The Labute approximate surface area is 156 Å². The van der Waals surface area contributed by atoms with Crippen LogP contribution in [0.25, 0.3) is 6.08 Å². The minimum atomic E-state index is -0.656. The standard InChI is InChI=1S/C21H18N2O4/c1-11(2)12-3-5-16-14(7-12)8-15-20(24)22-19(23-21(15)27-16)13-4-6-17-18(9-13)26-10-25-17/h3-9,11,21H,10H2,1-2H3,(H,22,23,24). The van der Waals surface area contributed by atoms with Crippen LogP contribution in [0.15, 0.2) is 47.0 Å². The monoisotopic (exact) mass is 362 g/mol. The van der Waals surface area contributed by atoms with Gasteiger partial charge in [0.25, 0.3) is 5.91 Å². The Morgan fingerprint density at radius 3 is 2.74 bits per heavy atom. The lowest BCUT2D eigenvalue weighted by molar-refractivity contribution is -0.117. The molecule has 0 saturated heterocycles. The van der Waals surface area contributed by atoms with E-state index >= 15 is 0 Å². The van der Waals surface area contributed by atoms with Gasteiger partial charge in [-0.1, -0.05) is 19.9 Å². The normalized spacial score (nSPS) is 19.5. The van der Waals surface area contributed by atoms with Crippen LogP contribution in [-0.2, 0) is 4.79 Å². The molecule has 6 nitrogen and oxygen atoms in total. The zero-order chi connectivity index (χ0) is 18.5. The van der Waals surface area contributed by atoms with Gasteiger partial charge in [-0.3, -0.25) is 4.79 Å². The van der Waals surface area contributed by atoms with Crippen molar-refractivity contribution in [1.82, 2.24) is 5.32 Å². The number of nitrogens with zero attached hydrogens (tertiary/aromatic N) is 1. The highest BCUT2D eigenvalue weighted by atomic mass is 16.7. The summed E-state index contributed by atoms with van der Waals surface area (Å²) >= 11 is 0. The van der Waals surface area contributed by atoms with Crippen molar-refractivity contribution in [3.63, 3.8) is 0 Å². The van der Waals surface area contributed by atoms with Crippen LogP contribution in [0.2, 0.25) is 0 Å². The fourth-order valence-corrected chi connectivity index (χ4v) is 3.36. The van der Waals surface area contributed by atoms with Crippen molar-refractivity contribution in [1.29, 1.82) is 0 Å². The van der Waals surface area contributed by atoms with Crippen LogP contribution in [0.3, 0.4) is 0 Å². The van der Waals surface area contributed by atoms with E-state index in [0.29, 0.717) is 28.8 Å². The fraction of sp³-hybridized carbons (Fsp3) is 0.238. The number of fused-ring (bicyclic) bond motifs is 3. The molecule has 2 aromatic rings. The summed E-state index contributed by atoms with van der Waals surface area (Å²) in [6.45, 7) is 4.47. The quantitative estimate of drug-likeness (QED) is 0.891. The molecule has 1 unspecified atom stereocenters. The predicted molar refractivity (Wildman–Crippen MR) is 100 cm³/mol. The van der Waals surface area contributed by atoms with Crippen LogP contribution >= 0.6 is 0 Å². The number of hydrogen-bond donors (Lipinski definition) is 1. The van der Waals surface area contributed by atoms with Gasteiger partial charge in [0.2, 0.25) is 13.0 Å². The minimum absolute atomic E-state index is 0.200. The maximum Gasteiger partial charge on any atom is 0.258 e. The number of hydrogen-bond acceptors (Lipinski definition) is 5. The van der Waals surface area contributed by atoms with E-state index in [4.69, 9.17) is 14.2 Å². The highest BCUT2D eigenvalue weighted by Crippen LogP contribution is 2.35. The van der Waals surface area contributed by atoms with E-state index in [1.165, 1.54) is 5.56 Å². The molecule has 3 aliphatic rings. The van der Waals surface area contributed by atoms with Crippen LogP contribution in [-0.4, -0.2) is 24.8 Å². The molecule has 0 aliphatic carbocycles. The lowest BCUT2D eigenvalue weighted by Crippen LogP contribution is -2.43. The molecule has 136 valence electrons. The Bertz CT molecular complexity index is 1020. The predicted octanol–water partition coefficient (Wildman–Crippen LogP) is 3.22. The van der Waals surface area contributed by atoms with Gasteiger partial charge in [-0.15, -0.1) is 0 Å². The third-order valence-electron chi connectivity index (χ3n) is 4.90. The molecule has 1 atom stereocenters. The van der Waals surface area contributed by atoms with Gasteiger partial charge in [-0.25, -0.2) is 4.99 Å². The Morgan fingerprint density at radius 1 is 1.07 bits per heavy atom. The molecular formula is C21H18N2O4. The highest BCUT2D eigenvalue weighted by Gasteiger charge is 2.33. The summed E-state index contributed by atoms with van der Waals surface area (Å²) in [5, 5.41) is 2.86. The SMILES string of the molecule is CC(C)c1ccc2c(c1)C=C1C(=O)NC(c3ccc4c(c3)OCO4)=NC1O2. The number of benzene rings is 2. The van der Waals surface area contributed by atoms with Crippen molar-refractivity contribution in [3.05, 3.63) is 58.7 Å². The van der Waals surface area contributed by atoms with Crippen molar-refractivity contribution in [3.8, 4) is 17.2 Å². The van der Waals surface area contributed by atoms with E-state index in [1.807, 2.05) is 36.4 Å². The summed E-state index contributed by atoms with van der Waals surface area (Å²) in [5.41, 5.74) is 3.36. The second kappa shape index (κ2) is 5.87. The van der Waals surface area contributed by atoms with Gasteiger partial charge in [0.1, 0.15) is 11.6 Å². The summed E-state index contributed by atoms with van der Waals surface area (Å²) in [6.07, 6.45) is 1.21. The number of ether oxygens (including phenoxy) is 3. The Morgan fingerprint density at radius 2 is 1.89 bits per heavy atom. The zero-order valence-electron chi connectivity index (χ0n) is 15.0. The molecule has 6 heteroatoms. The van der Waals surface area contributed by atoms with E-state index in [-0.39, 0.29) is 12.7 Å². The summed E-state index contributed by atoms with van der Waals surface area (Å²) in [5.74, 6) is 2.72. The molecule has 2 aromatic carbocycles. The molecule has 3 aliphatic heterocycles. The van der Waals surface area contributed by atoms with Crippen molar-refractivity contribution in [2.24, 2.45) is 4.99 Å². The first-order chi connectivity index (χ1) is 13.1. The molecule has 0 saturated carbocycles. The number of aliphatic imine (C=N–C) groups is 1. The van der Waals surface area contributed by atoms with E-state index in [0.717, 1.165) is 16.9 Å². The van der Waals surface area contributed by atoms with Gasteiger partial charge < -0.3 is 19.5 Å². The van der Waals surface area contributed by atoms with Gasteiger partial charge in [-0.2, -0.15) is 0 Å². The molecule has 0 radical (unpaired) electrons. The maximum absolute atomic E-state index is 12.7. The molecule has 3 heterocycles.